The van der Waals surface area contributed by atoms with E-state index >= 15 is 0 Å². The number of rotatable bonds is 4. The molecule has 0 aliphatic heterocycles. The van der Waals surface area contributed by atoms with Crippen molar-refractivity contribution in [3.63, 3.8) is 0 Å². The van der Waals surface area contributed by atoms with Gasteiger partial charge in [0.05, 0.1) is 7.11 Å². The molecule has 0 spiro atoms. The molecule has 4 heteroatoms. The zero-order valence-corrected chi connectivity index (χ0v) is 10.2. The van der Waals surface area contributed by atoms with Crippen LogP contribution in [0.4, 0.5) is 0 Å². The number of aromatic nitrogens is 2. The van der Waals surface area contributed by atoms with Crippen molar-refractivity contribution in [1.29, 1.82) is 0 Å². The lowest BCUT2D eigenvalue weighted by Gasteiger charge is -2.10. The maximum Gasteiger partial charge on any atom is 0.139 e. The van der Waals surface area contributed by atoms with Crippen molar-refractivity contribution >= 4 is 0 Å². The molecule has 4 nitrogen and oxygen atoms in total. The number of nitrogens with two attached hydrogens (primary N) is 1. The van der Waals surface area contributed by atoms with E-state index in [0.29, 0.717) is 6.54 Å². The minimum atomic E-state index is 0.462. The van der Waals surface area contributed by atoms with Crippen molar-refractivity contribution < 1.29 is 4.74 Å². The normalized spacial score (nSPS) is 10.5. The number of aryl methyl sites for hydroxylation is 1. The van der Waals surface area contributed by atoms with Crippen LogP contribution in [0.15, 0.2) is 30.6 Å². The first-order chi connectivity index (χ1) is 8.30. The third-order valence-corrected chi connectivity index (χ3v) is 2.81. The minimum absolute atomic E-state index is 0.462. The Bertz CT molecular complexity index is 505. The summed E-state index contributed by atoms with van der Waals surface area (Å²) in [7, 11) is 1.65. The summed E-state index contributed by atoms with van der Waals surface area (Å²) in [6, 6.07) is 5.98. The van der Waals surface area contributed by atoms with Gasteiger partial charge in [-0.1, -0.05) is 0 Å². The molecule has 2 aromatic rings. The number of hydrogen-bond donors (Lipinski definition) is 1. The Kier molecular flexibility index (Phi) is 3.44. The van der Waals surface area contributed by atoms with Gasteiger partial charge in [0.25, 0.3) is 0 Å². The van der Waals surface area contributed by atoms with E-state index in [1.54, 1.807) is 7.11 Å². The van der Waals surface area contributed by atoms with Crippen LogP contribution in [0.3, 0.4) is 0 Å². The fourth-order valence-electron chi connectivity index (χ4n) is 1.90. The second kappa shape index (κ2) is 5.01. The van der Waals surface area contributed by atoms with Crippen LogP contribution in [-0.2, 0) is 13.1 Å². The number of methoxy groups -OCH3 is 1. The van der Waals surface area contributed by atoms with E-state index in [1.165, 1.54) is 0 Å². The predicted molar refractivity (Wildman–Crippen MR) is 67.8 cm³/mol. The highest BCUT2D eigenvalue weighted by Crippen LogP contribution is 2.25. The molecule has 0 unspecified atom stereocenters. The van der Waals surface area contributed by atoms with Crippen molar-refractivity contribution in [3.8, 4) is 17.1 Å². The highest BCUT2D eigenvalue weighted by Gasteiger charge is 2.08. The van der Waals surface area contributed by atoms with E-state index in [1.807, 2.05) is 30.6 Å². The maximum atomic E-state index is 5.71. The number of hydrogen-bond acceptors (Lipinski definition) is 3. The lowest BCUT2D eigenvalue weighted by Crippen LogP contribution is -2.02. The first-order valence-corrected chi connectivity index (χ1v) is 5.68. The second-order valence-electron chi connectivity index (χ2n) is 3.77. The molecular formula is C13H17N3O. The zero-order valence-electron chi connectivity index (χ0n) is 10.2. The lowest BCUT2D eigenvalue weighted by atomic mass is 10.1. The smallest absolute Gasteiger partial charge is 0.139 e. The summed E-state index contributed by atoms with van der Waals surface area (Å²) in [5, 5.41) is 0. The van der Waals surface area contributed by atoms with Gasteiger partial charge in [-0.15, -0.1) is 0 Å². The first kappa shape index (κ1) is 11.7. The molecule has 0 radical (unpaired) electrons. The van der Waals surface area contributed by atoms with E-state index in [0.717, 1.165) is 29.2 Å². The fourth-order valence-corrected chi connectivity index (χ4v) is 1.90. The summed E-state index contributed by atoms with van der Waals surface area (Å²) in [6.07, 6.45) is 3.78. The van der Waals surface area contributed by atoms with Crippen molar-refractivity contribution in [2.24, 2.45) is 5.73 Å². The summed E-state index contributed by atoms with van der Waals surface area (Å²) in [4.78, 5) is 4.37. The number of ether oxygens (including phenoxy) is 1. The lowest BCUT2D eigenvalue weighted by molar-refractivity contribution is 0.410. The first-order valence-electron chi connectivity index (χ1n) is 5.68. The molecule has 0 aliphatic carbocycles. The average molecular weight is 231 g/mol. The Labute approximate surface area is 101 Å². The highest BCUT2D eigenvalue weighted by molar-refractivity contribution is 5.59. The Morgan fingerprint density at radius 3 is 2.88 bits per heavy atom. The second-order valence-corrected chi connectivity index (χ2v) is 3.77. The van der Waals surface area contributed by atoms with Gasteiger partial charge in [0.1, 0.15) is 11.6 Å². The molecule has 2 N–H and O–H groups in total. The Morgan fingerprint density at radius 2 is 2.24 bits per heavy atom. The summed E-state index contributed by atoms with van der Waals surface area (Å²) in [6.45, 7) is 3.46. The van der Waals surface area contributed by atoms with Gasteiger partial charge in [-0.3, -0.25) is 0 Å². The summed E-state index contributed by atoms with van der Waals surface area (Å²) in [5.74, 6) is 1.79. The maximum absolute atomic E-state index is 5.71. The molecule has 0 fully saturated rings. The van der Waals surface area contributed by atoms with Gasteiger partial charge in [0.2, 0.25) is 0 Å². The Morgan fingerprint density at radius 1 is 1.41 bits per heavy atom. The molecule has 1 aromatic heterocycles. The average Bonchev–Trinajstić information content (AvgIpc) is 2.86. The van der Waals surface area contributed by atoms with Crippen LogP contribution < -0.4 is 10.5 Å². The van der Waals surface area contributed by atoms with Gasteiger partial charge in [-0.25, -0.2) is 4.98 Å². The number of nitrogens with zero attached hydrogens (tertiary/aromatic N) is 2. The fraction of sp³-hybridized carbons (Fsp3) is 0.308. The zero-order chi connectivity index (χ0) is 12.3. The van der Waals surface area contributed by atoms with Crippen molar-refractivity contribution in [2.75, 3.05) is 7.11 Å². The van der Waals surface area contributed by atoms with Gasteiger partial charge in [-0.05, 0) is 25.1 Å². The van der Waals surface area contributed by atoms with Crippen molar-refractivity contribution in [1.82, 2.24) is 9.55 Å². The monoisotopic (exact) mass is 231 g/mol. The quantitative estimate of drug-likeness (QED) is 0.876. The van der Waals surface area contributed by atoms with Crippen LogP contribution in [0.1, 0.15) is 12.5 Å². The molecule has 0 atom stereocenters. The van der Waals surface area contributed by atoms with Crippen LogP contribution >= 0.6 is 0 Å². The molecule has 0 bridgehead atoms. The van der Waals surface area contributed by atoms with Gasteiger partial charge in [0, 0.05) is 36.6 Å². The van der Waals surface area contributed by atoms with Crippen LogP contribution in [0.2, 0.25) is 0 Å². The third-order valence-electron chi connectivity index (χ3n) is 2.81. The standard InChI is InChI=1S/C13H17N3O/c1-3-16-7-6-15-13(16)10-4-5-12(17-2)11(8-10)9-14/h4-8H,3,9,14H2,1-2H3. The number of imidazole rings is 1. The molecule has 0 aliphatic rings. The Hall–Kier alpha value is -1.81. The minimum Gasteiger partial charge on any atom is -0.496 e. The largest absolute Gasteiger partial charge is 0.496 e. The molecular weight excluding hydrogens is 214 g/mol. The molecule has 0 amide bonds. The summed E-state index contributed by atoms with van der Waals surface area (Å²) >= 11 is 0. The van der Waals surface area contributed by atoms with Crippen LogP contribution in [-0.4, -0.2) is 16.7 Å². The Balaban J connectivity index is 2.46. The molecule has 1 aromatic carbocycles. The van der Waals surface area contributed by atoms with Gasteiger partial charge < -0.3 is 15.0 Å². The van der Waals surface area contributed by atoms with Gasteiger partial charge in [-0.2, -0.15) is 0 Å². The predicted octanol–water partition coefficient (Wildman–Crippen LogP) is 2.04. The summed E-state index contributed by atoms with van der Waals surface area (Å²) in [5.41, 5.74) is 7.78. The van der Waals surface area contributed by atoms with Crippen molar-refractivity contribution in [2.45, 2.75) is 20.0 Å². The molecule has 1 heterocycles. The van der Waals surface area contributed by atoms with Gasteiger partial charge in [0.15, 0.2) is 0 Å². The van der Waals surface area contributed by atoms with Crippen LogP contribution in [0.25, 0.3) is 11.4 Å². The van der Waals surface area contributed by atoms with Crippen LogP contribution in [0, 0.1) is 0 Å². The van der Waals surface area contributed by atoms with Gasteiger partial charge >= 0.3 is 0 Å². The summed E-state index contributed by atoms with van der Waals surface area (Å²) < 4.78 is 7.36. The van der Waals surface area contributed by atoms with E-state index < -0.39 is 0 Å². The van der Waals surface area contributed by atoms with E-state index in [9.17, 15) is 0 Å². The van der Waals surface area contributed by atoms with E-state index in [-0.39, 0.29) is 0 Å². The molecule has 0 saturated heterocycles. The van der Waals surface area contributed by atoms with E-state index in [4.69, 9.17) is 10.5 Å². The molecule has 0 saturated carbocycles. The number of benzene rings is 1. The van der Waals surface area contributed by atoms with Crippen LogP contribution in [0.5, 0.6) is 5.75 Å². The topological polar surface area (TPSA) is 53.1 Å². The highest BCUT2D eigenvalue weighted by atomic mass is 16.5. The van der Waals surface area contributed by atoms with E-state index in [2.05, 4.69) is 16.5 Å². The molecule has 17 heavy (non-hydrogen) atoms. The SMILES string of the molecule is CCn1ccnc1-c1ccc(OC)c(CN)c1. The van der Waals surface area contributed by atoms with Crippen molar-refractivity contribution in [3.05, 3.63) is 36.2 Å². The molecule has 2 rings (SSSR count). The molecule has 90 valence electrons. The third kappa shape index (κ3) is 2.17.